The Morgan fingerprint density at radius 2 is 1.82 bits per heavy atom. The maximum atomic E-state index is 13.9. The van der Waals surface area contributed by atoms with Crippen LogP contribution in [0.5, 0.6) is 0 Å². The molecule has 0 aliphatic heterocycles. The monoisotopic (exact) mass is 415 g/mol. The average molecular weight is 416 g/mol. The van der Waals surface area contributed by atoms with Gasteiger partial charge in [0, 0.05) is 23.3 Å². The summed E-state index contributed by atoms with van der Waals surface area (Å²) < 4.78 is 37.7. The minimum absolute atomic E-state index is 0.0658. The molecule has 3 aromatic rings. The summed E-state index contributed by atoms with van der Waals surface area (Å²) >= 11 is 6.52. The number of nitrogens with zero attached hydrogens (tertiary/aromatic N) is 2. The van der Waals surface area contributed by atoms with E-state index in [2.05, 4.69) is 4.98 Å². The van der Waals surface area contributed by atoms with Crippen LogP contribution in [0.2, 0.25) is 5.02 Å². The van der Waals surface area contributed by atoms with Crippen molar-refractivity contribution in [3.8, 4) is 6.07 Å². The van der Waals surface area contributed by atoms with Crippen LogP contribution in [0.3, 0.4) is 0 Å². The van der Waals surface area contributed by atoms with Crippen molar-refractivity contribution in [2.75, 3.05) is 0 Å². The van der Waals surface area contributed by atoms with Gasteiger partial charge in [0.25, 0.3) is 0 Å². The first kappa shape index (κ1) is 20.0. The van der Waals surface area contributed by atoms with Crippen molar-refractivity contribution in [2.24, 2.45) is 5.14 Å². The van der Waals surface area contributed by atoms with Gasteiger partial charge in [-0.25, -0.2) is 17.9 Å². The van der Waals surface area contributed by atoms with Crippen LogP contribution in [0.1, 0.15) is 27.9 Å². The summed E-state index contributed by atoms with van der Waals surface area (Å²) in [6, 6.07) is 14.2. The number of pyridine rings is 1. The van der Waals surface area contributed by atoms with E-state index in [1.807, 2.05) is 6.07 Å². The molecule has 142 valence electrons. The number of nitrogens with two attached hydrogens (primary N) is 1. The minimum Gasteiger partial charge on any atom is -0.261 e. The molecule has 0 saturated heterocycles. The number of halogens is 2. The molecule has 0 amide bonds. The summed E-state index contributed by atoms with van der Waals surface area (Å²) in [5.74, 6) is -0.646. The van der Waals surface area contributed by atoms with E-state index in [1.165, 1.54) is 24.3 Å². The molecule has 0 unspecified atom stereocenters. The predicted molar refractivity (Wildman–Crippen MR) is 104 cm³/mol. The first-order chi connectivity index (χ1) is 13.3. The lowest BCUT2D eigenvalue weighted by Crippen LogP contribution is -2.13. The van der Waals surface area contributed by atoms with Crippen molar-refractivity contribution >= 4 is 21.6 Å². The van der Waals surface area contributed by atoms with Gasteiger partial charge in [-0.3, -0.25) is 4.98 Å². The Labute approximate surface area is 167 Å². The molecule has 0 aliphatic carbocycles. The highest BCUT2D eigenvalue weighted by Gasteiger charge is 2.17. The molecule has 2 N–H and O–H groups in total. The molecule has 1 aromatic heterocycles. The Morgan fingerprint density at radius 3 is 2.39 bits per heavy atom. The van der Waals surface area contributed by atoms with Crippen molar-refractivity contribution in [1.82, 2.24) is 4.98 Å². The van der Waals surface area contributed by atoms with Crippen LogP contribution in [0.15, 0.2) is 59.6 Å². The third kappa shape index (κ3) is 4.54. The van der Waals surface area contributed by atoms with Crippen LogP contribution in [0.4, 0.5) is 4.39 Å². The van der Waals surface area contributed by atoms with Gasteiger partial charge in [-0.1, -0.05) is 23.7 Å². The zero-order valence-electron chi connectivity index (χ0n) is 14.6. The quantitative estimate of drug-likeness (QED) is 0.688. The first-order valence-electron chi connectivity index (χ1n) is 8.20. The highest BCUT2D eigenvalue weighted by atomic mass is 35.5. The minimum atomic E-state index is -3.96. The number of benzene rings is 2. The molecule has 3 rings (SSSR count). The number of aromatic nitrogens is 1. The lowest BCUT2D eigenvalue weighted by Gasteiger charge is -2.13. The normalized spacial score (nSPS) is 11.2. The van der Waals surface area contributed by atoms with Crippen LogP contribution >= 0.6 is 11.6 Å². The first-order valence-corrected chi connectivity index (χ1v) is 10.1. The molecule has 1 heterocycles. The average Bonchev–Trinajstić information content (AvgIpc) is 2.65. The summed E-state index contributed by atoms with van der Waals surface area (Å²) in [6.45, 7) is 0. The maximum Gasteiger partial charge on any atom is 0.238 e. The SMILES string of the molecule is N#Cc1ccc(Cc2cc(S(N)(=O)=O)cc(Cc3ccccn3)c2Cl)cc1F. The number of sulfonamides is 1. The van der Waals surface area contributed by atoms with Crippen molar-refractivity contribution in [1.29, 1.82) is 5.26 Å². The van der Waals surface area contributed by atoms with Gasteiger partial charge >= 0.3 is 0 Å². The van der Waals surface area contributed by atoms with Gasteiger partial charge < -0.3 is 0 Å². The fourth-order valence-electron chi connectivity index (χ4n) is 2.82. The lowest BCUT2D eigenvalue weighted by atomic mass is 9.99. The summed E-state index contributed by atoms with van der Waals surface area (Å²) in [5, 5.41) is 14.5. The van der Waals surface area contributed by atoms with E-state index in [-0.39, 0.29) is 16.9 Å². The second-order valence-electron chi connectivity index (χ2n) is 6.20. The van der Waals surface area contributed by atoms with E-state index < -0.39 is 15.8 Å². The number of primary sulfonamides is 1. The third-order valence-electron chi connectivity index (χ3n) is 4.17. The van der Waals surface area contributed by atoms with Gasteiger partial charge in [-0.2, -0.15) is 5.26 Å². The Bertz CT molecular complexity index is 1180. The van der Waals surface area contributed by atoms with Crippen LogP contribution < -0.4 is 5.14 Å². The van der Waals surface area contributed by atoms with Crippen LogP contribution in [-0.4, -0.2) is 13.4 Å². The topological polar surface area (TPSA) is 96.8 Å². The Kier molecular flexibility index (Phi) is 5.75. The molecular weight excluding hydrogens is 401 g/mol. The maximum absolute atomic E-state index is 13.9. The molecule has 0 radical (unpaired) electrons. The van der Waals surface area contributed by atoms with Crippen molar-refractivity contribution in [3.05, 3.63) is 93.5 Å². The van der Waals surface area contributed by atoms with Gasteiger partial charge in [0.15, 0.2) is 0 Å². The van der Waals surface area contributed by atoms with Crippen LogP contribution in [-0.2, 0) is 22.9 Å². The Hall–Kier alpha value is -2.79. The van der Waals surface area contributed by atoms with Gasteiger partial charge in [-0.15, -0.1) is 0 Å². The number of hydrogen-bond donors (Lipinski definition) is 1. The van der Waals surface area contributed by atoms with Gasteiger partial charge in [-0.05, 0) is 59.5 Å². The largest absolute Gasteiger partial charge is 0.261 e. The summed E-state index contributed by atoms with van der Waals surface area (Å²) in [5.41, 5.74) is 2.24. The van der Waals surface area contributed by atoms with E-state index in [4.69, 9.17) is 22.0 Å². The Balaban J connectivity index is 2.06. The molecule has 0 spiro atoms. The van der Waals surface area contributed by atoms with Crippen LogP contribution in [0, 0.1) is 17.1 Å². The Morgan fingerprint density at radius 1 is 1.11 bits per heavy atom. The number of hydrogen-bond acceptors (Lipinski definition) is 4. The number of nitriles is 1. The molecule has 8 heteroatoms. The molecule has 0 saturated carbocycles. The molecule has 0 atom stereocenters. The van der Waals surface area contributed by atoms with E-state index in [9.17, 15) is 12.8 Å². The van der Waals surface area contributed by atoms with E-state index in [0.29, 0.717) is 33.8 Å². The summed E-state index contributed by atoms with van der Waals surface area (Å²) in [7, 11) is -3.96. The highest BCUT2D eigenvalue weighted by Crippen LogP contribution is 2.29. The van der Waals surface area contributed by atoms with Crippen LogP contribution in [0.25, 0.3) is 0 Å². The second-order valence-corrected chi connectivity index (χ2v) is 8.14. The van der Waals surface area contributed by atoms with Gasteiger partial charge in [0.05, 0.1) is 10.5 Å². The summed E-state index contributed by atoms with van der Waals surface area (Å²) in [4.78, 5) is 4.15. The molecular formula is C20H15ClFN3O2S. The standard InChI is InChI=1S/C20H15ClFN3O2S/c21-20-15(7-13-4-5-14(12-23)19(22)8-13)10-18(28(24,26)27)11-16(20)9-17-3-1-2-6-25-17/h1-6,8,10-11H,7,9H2,(H2,24,26,27). The molecule has 2 aromatic carbocycles. The smallest absolute Gasteiger partial charge is 0.238 e. The highest BCUT2D eigenvalue weighted by molar-refractivity contribution is 7.89. The second kappa shape index (κ2) is 8.07. The van der Waals surface area contributed by atoms with E-state index in [0.717, 1.165) is 0 Å². The van der Waals surface area contributed by atoms with Crippen molar-refractivity contribution in [3.63, 3.8) is 0 Å². The van der Waals surface area contributed by atoms with Crippen molar-refractivity contribution in [2.45, 2.75) is 17.7 Å². The zero-order valence-corrected chi connectivity index (χ0v) is 16.1. The van der Waals surface area contributed by atoms with Gasteiger partial charge in [0.2, 0.25) is 10.0 Å². The van der Waals surface area contributed by atoms with E-state index in [1.54, 1.807) is 30.5 Å². The fraction of sp³-hybridized carbons (Fsp3) is 0.100. The zero-order chi connectivity index (χ0) is 20.3. The van der Waals surface area contributed by atoms with Gasteiger partial charge in [0.1, 0.15) is 11.9 Å². The summed E-state index contributed by atoms with van der Waals surface area (Å²) in [6.07, 6.45) is 2.13. The third-order valence-corrected chi connectivity index (χ3v) is 5.55. The van der Waals surface area contributed by atoms with E-state index >= 15 is 0 Å². The fourth-order valence-corrected chi connectivity index (χ4v) is 3.67. The molecule has 0 fully saturated rings. The molecule has 0 aliphatic rings. The number of rotatable bonds is 5. The molecule has 28 heavy (non-hydrogen) atoms. The molecule has 0 bridgehead atoms. The molecule has 5 nitrogen and oxygen atoms in total. The lowest BCUT2D eigenvalue weighted by molar-refractivity contribution is 0.597. The van der Waals surface area contributed by atoms with Crippen molar-refractivity contribution < 1.29 is 12.8 Å². The predicted octanol–water partition coefficient (Wildman–Crippen LogP) is 3.57.